The molecule has 2 aromatic heterocycles. The van der Waals surface area contributed by atoms with Gasteiger partial charge in [-0.25, -0.2) is 14.8 Å². The van der Waals surface area contributed by atoms with E-state index in [-0.39, 0.29) is 6.54 Å². The molecule has 3 N–H and O–H groups in total. The van der Waals surface area contributed by atoms with Gasteiger partial charge in [-0.2, -0.15) is 0 Å². The number of benzene rings is 2. The fraction of sp³-hybridized carbons (Fsp3) is 0.167. The molecule has 0 radical (unpaired) electrons. The Morgan fingerprint density at radius 2 is 1.94 bits per heavy atom. The number of primary amides is 1. The third-order valence-corrected chi connectivity index (χ3v) is 5.10. The molecule has 0 aliphatic heterocycles. The standard InChI is InChI=1S/C24H23N3O4/c1-15(10-11-27(29)24(25)28)18-8-9-22-19(12-18)13-20(31-22)14-21-16(2)30-23(26-21)17-6-4-3-5-7-17/h3-10,12-13,29H,11,14H2,1-2H3,(H2,25,28)/b15-10-. The summed E-state index contributed by atoms with van der Waals surface area (Å²) in [4.78, 5) is 15.6. The minimum absolute atomic E-state index is 0.0189. The maximum Gasteiger partial charge on any atom is 0.338 e. The number of aromatic nitrogens is 1. The first-order chi connectivity index (χ1) is 14.9. The number of urea groups is 1. The molecule has 0 unspecified atom stereocenters. The van der Waals surface area contributed by atoms with Crippen LogP contribution in [0.25, 0.3) is 28.0 Å². The van der Waals surface area contributed by atoms with Crippen molar-refractivity contribution in [2.75, 3.05) is 6.54 Å². The average Bonchev–Trinajstić information content (AvgIpc) is 3.34. The molecule has 0 saturated heterocycles. The minimum atomic E-state index is -0.891. The van der Waals surface area contributed by atoms with Gasteiger partial charge in [-0.1, -0.05) is 30.3 Å². The molecule has 31 heavy (non-hydrogen) atoms. The lowest BCUT2D eigenvalue weighted by atomic mass is 10.1. The molecule has 4 rings (SSSR count). The number of carbonyl (C=O) groups excluding carboxylic acids is 1. The molecular formula is C24H23N3O4. The third-order valence-electron chi connectivity index (χ3n) is 5.10. The van der Waals surface area contributed by atoms with Gasteiger partial charge in [0, 0.05) is 10.9 Å². The first kappa shape index (κ1) is 20.4. The minimum Gasteiger partial charge on any atom is -0.461 e. The Kier molecular flexibility index (Phi) is 5.60. The molecule has 4 aromatic rings. The Bertz CT molecular complexity index is 1250. The zero-order chi connectivity index (χ0) is 22.0. The summed E-state index contributed by atoms with van der Waals surface area (Å²) in [6.07, 6.45) is 2.26. The Morgan fingerprint density at radius 1 is 1.16 bits per heavy atom. The van der Waals surface area contributed by atoms with Gasteiger partial charge in [0.15, 0.2) is 0 Å². The summed E-state index contributed by atoms with van der Waals surface area (Å²) < 4.78 is 11.8. The Labute approximate surface area is 179 Å². The number of nitrogens with two attached hydrogens (primary N) is 1. The van der Waals surface area contributed by atoms with Gasteiger partial charge in [0.1, 0.15) is 17.1 Å². The van der Waals surface area contributed by atoms with Crippen LogP contribution < -0.4 is 5.73 Å². The smallest absolute Gasteiger partial charge is 0.338 e. The zero-order valence-electron chi connectivity index (χ0n) is 17.3. The van der Waals surface area contributed by atoms with E-state index in [1.807, 2.05) is 68.4 Å². The molecule has 7 nitrogen and oxygen atoms in total. The molecule has 0 aliphatic rings. The second-order valence-corrected chi connectivity index (χ2v) is 7.34. The van der Waals surface area contributed by atoms with Crippen LogP contribution in [0.4, 0.5) is 4.79 Å². The number of fused-ring (bicyclic) bond motifs is 1. The van der Waals surface area contributed by atoms with Crippen LogP contribution in [0.5, 0.6) is 0 Å². The van der Waals surface area contributed by atoms with Crippen LogP contribution >= 0.6 is 0 Å². The van der Waals surface area contributed by atoms with E-state index in [9.17, 15) is 10.0 Å². The molecule has 158 valence electrons. The largest absolute Gasteiger partial charge is 0.461 e. The number of hydrogen-bond donors (Lipinski definition) is 2. The second kappa shape index (κ2) is 8.49. The van der Waals surface area contributed by atoms with Gasteiger partial charge in [-0.05, 0) is 55.3 Å². The lowest BCUT2D eigenvalue weighted by Gasteiger charge is -2.09. The number of rotatable bonds is 6. The second-order valence-electron chi connectivity index (χ2n) is 7.34. The fourth-order valence-corrected chi connectivity index (χ4v) is 3.32. The van der Waals surface area contributed by atoms with Crippen molar-refractivity contribution in [3.8, 4) is 11.5 Å². The number of allylic oxidation sites excluding steroid dienone is 1. The SMILES string of the molecule is C/C(=C/CN(O)C(N)=O)c1ccc2oc(Cc3nc(-c4ccccc4)oc3C)cc2c1. The number of amides is 2. The Hall–Kier alpha value is -3.84. The number of furan rings is 1. The summed E-state index contributed by atoms with van der Waals surface area (Å²) in [5.74, 6) is 2.16. The van der Waals surface area contributed by atoms with Gasteiger partial charge < -0.3 is 14.6 Å². The highest BCUT2D eigenvalue weighted by Crippen LogP contribution is 2.27. The van der Waals surface area contributed by atoms with E-state index >= 15 is 0 Å². The molecule has 0 aliphatic carbocycles. The normalized spacial score (nSPS) is 11.8. The van der Waals surface area contributed by atoms with Crippen molar-refractivity contribution in [2.45, 2.75) is 20.3 Å². The van der Waals surface area contributed by atoms with E-state index in [2.05, 4.69) is 4.98 Å². The molecule has 0 bridgehead atoms. The van der Waals surface area contributed by atoms with Crippen molar-refractivity contribution >= 4 is 22.6 Å². The van der Waals surface area contributed by atoms with Gasteiger partial charge in [0.05, 0.1) is 18.7 Å². The summed E-state index contributed by atoms with van der Waals surface area (Å²) >= 11 is 0. The van der Waals surface area contributed by atoms with Crippen LogP contribution in [-0.2, 0) is 6.42 Å². The number of nitrogens with zero attached hydrogens (tertiary/aromatic N) is 2. The van der Waals surface area contributed by atoms with Crippen molar-refractivity contribution < 1.29 is 18.8 Å². The predicted molar refractivity (Wildman–Crippen MR) is 117 cm³/mol. The fourth-order valence-electron chi connectivity index (χ4n) is 3.32. The molecule has 2 heterocycles. The van der Waals surface area contributed by atoms with Crippen LogP contribution in [0.3, 0.4) is 0 Å². The monoisotopic (exact) mass is 417 g/mol. The number of oxazole rings is 1. The maximum absolute atomic E-state index is 10.9. The van der Waals surface area contributed by atoms with Gasteiger partial charge in [-0.15, -0.1) is 0 Å². The average molecular weight is 417 g/mol. The summed E-state index contributed by atoms with van der Waals surface area (Å²) in [5.41, 5.74) is 9.45. The lowest BCUT2D eigenvalue weighted by molar-refractivity contribution is -0.0287. The van der Waals surface area contributed by atoms with Crippen molar-refractivity contribution in [1.82, 2.24) is 10.0 Å². The number of hydrogen-bond acceptors (Lipinski definition) is 5. The van der Waals surface area contributed by atoms with E-state index in [1.54, 1.807) is 6.08 Å². The first-order valence-corrected chi connectivity index (χ1v) is 9.88. The quantitative estimate of drug-likeness (QED) is 0.333. The molecule has 2 aromatic carbocycles. The topological polar surface area (TPSA) is 106 Å². The van der Waals surface area contributed by atoms with E-state index in [0.717, 1.165) is 44.9 Å². The van der Waals surface area contributed by atoms with E-state index in [0.29, 0.717) is 17.4 Å². The summed E-state index contributed by atoms with van der Waals surface area (Å²) in [6, 6.07) is 16.7. The molecule has 2 amide bonds. The van der Waals surface area contributed by atoms with Crippen LogP contribution in [0.1, 0.15) is 29.7 Å². The van der Waals surface area contributed by atoms with Crippen molar-refractivity contribution in [3.05, 3.63) is 83.5 Å². The highest BCUT2D eigenvalue weighted by molar-refractivity contribution is 5.83. The van der Waals surface area contributed by atoms with E-state index in [4.69, 9.17) is 14.6 Å². The van der Waals surface area contributed by atoms with Crippen LogP contribution in [0.2, 0.25) is 0 Å². The summed E-state index contributed by atoms with van der Waals surface area (Å²) in [7, 11) is 0. The Balaban J connectivity index is 1.55. The maximum atomic E-state index is 10.9. The number of aryl methyl sites for hydroxylation is 1. The van der Waals surface area contributed by atoms with Gasteiger partial charge >= 0.3 is 6.03 Å². The van der Waals surface area contributed by atoms with Crippen molar-refractivity contribution in [2.24, 2.45) is 5.73 Å². The van der Waals surface area contributed by atoms with Crippen molar-refractivity contribution in [3.63, 3.8) is 0 Å². The van der Waals surface area contributed by atoms with E-state index < -0.39 is 6.03 Å². The summed E-state index contributed by atoms with van der Waals surface area (Å²) in [5, 5.41) is 10.8. The Morgan fingerprint density at radius 3 is 2.68 bits per heavy atom. The molecule has 7 heteroatoms. The first-order valence-electron chi connectivity index (χ1n) is 9.88. The molecular weight excluding hydrogens is 394 g/mol. The predicted octanol–water partition coefficient (Wildman–Crippen LogP) is 5.16. The van der Waals surface area contributed by atoms with Crippen LogP contribution in [0.15, 0.2) is 69.5 Å². The van der Waals surface area contributed by atoms with Gasteiger partial charge in [0.2, 0.25) is 5.89 Å². The molecule has 0 spiro atoms. The molecule has 0 saturated carbocycles. The molecule has 0 atom stereocenters. The molecule has 0 fully saturated rings. The third kappa shape index (κ3) is 4.51. The van der Waals surface area contributed by atoms with Crippen LogP contribution in [-0.4, -0.2) is 27.8 Å². The summed E-state index contributed by atoms with van der Waals surface area (Å²) in [6.45, 7) is 3.83. The lowest BCUT2D eigenvalue weighted by Crippen LogP contribution is -2.32. The van der Waals surface area contributed by atoms with Crippen LogP contribution in [0, 0.1) is 6.92 Å². The number of carbonyl (C=O) groups is 1. The number of hydroxylamine groups is 2. The van der Waals surface area contributed by atoms with Gasteiger partial charge in [0.25, 0.3) is 0 Å². The highest BCUT2D eigenvalue weighted by Gasteiger charge is 2.14. The van der Waals surface area contributed by atoms with Gasteiger partial charge in [-0.3, -0.25) is 5.21 Å². The van der Waals surface area contributed by atoms with Crippen molar-refractivity contribution in [1.29, 1.82) is 0 Å². The van der Waals surface area contributed by atoms with E-state index in [1.165, 1.54) is 0 Å². The highest BCUT2D eigenvalue weighted by atomic mass is 16.5. The zero-order valence-corrected chi connectivity index (χ0v) is 17.3.